The molecule has 0 saturated heterocycles. The lowest BCUT2D eigenvalue weighted by Gasteiger charge is -2.13. The zero-order valence-corrected chi connectivity index (χ0v) is 11.4. The third kappa shape index (κ3) is 3.46. The van der Waals surface area contributed by atoms with Crippen molar-refractivity contribution in [1.82, 2.24) is 0 Å². The molecule has 0 radical (unpaired) electrons. The lowest BCUT2D eigenvalue weighted by molar-refractivity contribution is 0.114. The van der Waals surface area contributed by atoms with Crippen molar-refractivity contribution < 1.29 is 9.53 Å². The Morgan fingerprint density at radius 3 is 2.76 bits per heavy atom. The summed E-state index contributed by atoms with van der Waals surface area (Å²) in [5.74, 6) is 0. The number of carbonyl (C=O) groups is 1. The number of ether oxygens (including phenoxy) is 1. The first-order valence-electron chi connectivity index (χ1n) is 5.89. The van der Waals surface area contributed by atoms with Crippen LogP contribution in [0.1, 0.15) is 31.2 Å². The van der Waals surface area contributed by atoms with E-state index in [4.69, 9.17) is 4.74 Å². The third-order valence-electron chi connectivity index (χ3n) is 2.94. The van der Waals surface area contributed by atoms with Gasteiger partial charge in [0.2, 0.25) is 0 Å². The molecule has 1 amide bonds. The fraction of sp³-hybridized carbons (Fsp3) is 0.462. The van der Waals surface area contributed by atoms with Crippen LogP contribution in [0.2, 0.25) is 0 Å². The molecule has 0 unspecified atom stereocenters. The van der Waals surface area contributed by atoms with Crippen LogP contribution in [0.3, 0.4) is 0 Å². The Morgan fingerprint density at radius 1 is 1.41 bits per heavy atom. The highest BCUT2D eigenvalue weighted by atomic mass is 79.9. The molecule has 1 aliphatic rings. The van der Waals surface area contributed by atoms with Gasteiger partial charge < -0.3 is 4.74 Å². The molecule has 0 atom stereocenters. The molecule has 1 aromatic carbocycles. The van der Waals surface area contributed by atoms with E-state index in [1.807, 2.05) is 25.1 Å². The monoisotopic (exact) mass is 297 g/mol. The van der Waals surface area contributed by atoms with Crippen molar-refractivity contribution in [3.8, 4) is 0 Å². The number of hydrogen-bond acceptors (Lipinski definition) is 2. The largest absolute Gasteiger partial charge is 0.446 e. The lowest BCUT2D eigenvalue weighted by atomic mass is 10.2. The summed E-state index contributed by atoms with van der Waals surface area (Å²) in [7, 11) is 0. The molecule has 1 aromatic rings. The van der Waals surface area contributed by atoms with E-state index in [1.165, 1.54) is 0 Å². The molecule has 1 N–H and O–H groups in total. The molecule has 0 aliphatic heterocycles. The van der Waals surface area contributed by atoms with Gasteiger partial charge in [0.15, 0.2) is 0 Å². The summed E-state index contributed by atoms with van der Waals surface area (Å²) >= 11 is 3.42. The Labute approximate surface area is 110 Å². The molecule has 1 aliphatic carbocycles. The van der Waals surface area contributed by atoms with Gasteiger partial charge in [0.05, 0.1) is 5.69 Å². The average molecular weight is 298 g/mol. The lowest BCUT2D eigenvalue weighted by Crippen LogP contribution is -2.20. The van der Waals surface area contributed by atoms with Gasteiger partial charge in [-0.2, -0.15) is 0 Å². The number of nitrogens with one attached hydrogen (secondary N) is 1. The van der Waals surface area contributed by atoms with Crippen LogP contribution in [-0.2, 0) is 4.74 Å². The van der Waals surface area contributed by atoms with Crippen LogP contribution in [0.15, 0.2) is 22.7 Å². The number of amides is 1. The number of carbonyl (C=O) groups excluding carboxylic acids is 1. The highest BCUT2D eigenvalue weighted by Crippen LogP contribution is 2.25. The number of rotatable bonds is 2. The minimum Gasteiger partial charge on any atom is -0.446 e. The number of benzene rings is 1. The summed E-state index contributed by atoms with van der Waals surface area (Å²) in [5.41, 5.74) is 1.89. The predicted octanol–water partition coefficient (Wildman–Crippen LogP) is 4.25. The maximum atomic E-state index is 11.7. The van der Waals surface area contributed by atoms with E-state index < -0.39 is 0 Å². The molecule has 1 fully saturated rings. The number of anilines is 1. The minimum atomic E-state index is -0.360. The van der Waals surface area contributed by atoms with Crippen LogP contribution >= 0.6 is 15.9 Å². The standard InChI is InChI=1S/C13H16BrNO2/c1-9-6-7-12(11(14)8-9)15-13(16)17-10-4-2-3-5-10/h6-8,10H,2-5H2,1H3,(H,15,16). The Bertz CT molecular complexity index is 414. The average Bonchev–Trinajstić information content (AvgIpc) is 2.75. The van der Waals surface area contributed by atoms with Crippen LogP contribution in [0.5, 0.6) is 0 Å². The molecular weight excluding hydrogens is 282 g/mol. The fourth-order valence-corrected chi connectivity index (χ4v) is 2.61. The van der Waals surface area contributed by atoms with E-state index in [2.05, 4.69) is 21.2 Å². The number of aryl methyl sites for hydroxylation is 1. The minimum absolute atomic E-state index is 0.0965. The molecule has 92 valence electrons. The summed E-state index contributed by atoms with van der Waals surface area (Å²) in [6, 6.07) is 5.79. The van der Waals surface area contributed by atoms with Gasteiger partial charge in [-0.25, -0.2) is 4.79 Å². The molecule has 0 spiro atoms. The van der Waals surface area contributed by atoms with Gasteiger partial charge in [-0.1, -0.05) is 6.07 Å². The van der Waals surface area contributed by atoms with Gasteiger partial charge in [0.25, 0.3) is 0 Å². The Morgan fingerprint density at radius 2 is 2.12 bits per heavy atom. The van der Waals surface area contributed by atoms with Crippen LogP contribution in [0.4, 0.5) is 10.5 Å². The summed E-state index contributed by atoms with van der Waals surface area (Å²) in [5, 5.41) is 2.76. The molecule has 0 aromatic heterocycles. The van der Waals surface area contributed by atoms with E-state index in [9.17, 15) is 4.79 Å². The van der Waals surface area contributed by atoms with Crippen molar-refractivity contribution in [3.05, 3.63) is 28.2 Å². The maximum Gasteiger partial charge on any atom is 0.411 e. The highest BCUT2D eigenvalue weighted by Gasteiger charge is 2.19. The van der Waals surface area contributed by atoms with Gasteiger partial charge in [0.1, 0.15) is 6.10 Å². The molecule has 0 heterocycles. The van der Waals surface area contributed by atoms with Gasteiger partial charge in [-0.3, -0.25) is 5.32 Å². The van der Waals surface area contributed by atoms with Gasteiger partial charge in [0, 0.05) is 4.47 Å². The van der Waals surface area contributed by atoms with Gasteiger partial charge >= 0.3 is 6.09 Å². The van der Waals surface area contributed by atoms with Crippen LogP contribution in [-0.4, -0.2) is 12.2 Å². The quantitative estimate of drug-likeness (QED) is 0.886. The van der Waals surface area contributed by atoms with Crippen molar-refractivity contribution in [2.75, 3.05) is 5.32 Å². The zero-order chi connectivity index (χ0) is 12.3. The first-order chi connectivity index (χ1) is 8.15. The summed E-state index contributed by atoms with van der Waals surface area (Å²) < 4.78 is 6.21. The summed E-state index contributed by atoms with van der Waals surface area (Å²) in [6.45, 7) is 2.01. The molecule has 2 rings (SSSR count). The van der Waals surface area contributed by atoms with E-state index in [-0.39, 0.29) is 12.2 Å². The fourth-order valence-electron chi connectivity index (χ4n) is 2.02. The van der Waals surface area contributed by atoms with Crippen molar-refractivity contribution in [2.24, 2.45) is 0 Å². The van der Waals surface area contributed by atoms with Crippen molar-refractivity contribution in [3.63, 3.8) is 0 Å². The normalized spacial score (nSPS) is 15.9. The van der Waals surface area contributed by atoms with E-state index in [0.717, 1.165) is 41.4 Å². The van der Waals surface area contributed by atoms with Gasteiger partial charge in [-0.15, -0.1) is 0 Å². The first-order valence-corrected chi connectivity index (χ1v) is 6.68. The second-order valence-corrected chi connectivity index (χ2v) is 5.27. The first kappa shape index (κ1) is 12.4. The summed E-state index contributed by atoms with van der Waals surface area (Å²) in [4.78, 5) is 11.7. The van der Waals surface area contributed by atoms with Crippen molar-refractivity contribution in [2.45, 2.75) is 38.7 Å². The van der Waals surface area contributed by atoms with Crippen molar-refractivity contribution in [1.29, 1.82) is 0 Å². The van der Waals surface area contributed by atoms with Crippen LogP contribution in [0.25, 0.3) is 0 Å². The van der Waals surface area contributed by atoms with Crippen LogP contribution < -0.4 is 5.32 Å². The Kier molecular flexibility index (Phi) is 4.05. The van der Waals surface area contributed by atoms with Crippen molar-refractivity contribution >= 4 is 27.7 Å². The zero-order valence-electron chi connectivity index (χ0n) is 9.83. The molecular formula is C13H16BrNO2. The Hall–Kier alpha value is -1.03. The highest BCUT2D eigenvalue weighted by molar-refractivity contribution is 9.10. The smallest absolute Gasteiger partial charge is 0.411 e. The summed E-state index contributed by atoms with van der Waals surface area (Å²) in [6.07, 6.45) is 4.03. The topological polar surface area (TPSA) is 38.3 Å². The predicted molar refractivity (Wildman–Crippen MR) is 71.2 cm³/mol. The second-order valence-electron chi connectivity index (χ2n) is 4.42. The van der Waals surface area contributed by atoms with E-state index in [0.29, 0.717) is 0 Å². The molecule has 0 bridgehead atoms. The number of hydrogen-bond donors (Lipinski definition) is 1. The third-order valence-corrected chi connectivity index (χ3v) is 3.59. The van der Waals surface area contributed by atoms with E-state index in [1.54, 1.807) is 0 Å². The van der Waals surface area contributed by atoms with E-state index >= 15 is 0 Å². The second kappa shape index (κ2) is 5.54. The van der Waals surface area contributed by atoms with Gasteiger partial charge in [-0.05, 0) is 66.2 Å². The molecule has 4 heteroatoms. The Balaban J connectivity index is 1.93. The van der Waals surface area contributed by atoms with Crippen LogP contribution in [0, 0.1) is 6.92 Å². The SMILES string of the molecule is Cc1ccc(NC(=O)OC2CCCC2)c(Br)c1. The maximum absolute atomic E-state index is 11.7. The number of halogens is 1. The molecule has 1 saturated carbocycles. The molecule has 3 nitrogen and oxygen atoms in total. The molecule has 17 heavy (non-hydrogen) atoms.